The molecule has 162 valence electrons. The molecule has 0 aliphatic heterocycles. The number of benzene rings is 1. The molecule has 0 saturated heterocycles. The van der Waals surface area contributed by atoms with Crippen molar-refractivity contribution in [2.75, 3.05) is 20.3 Å². The molecular weight excluding hydrogens is 497 g/mol. The van der Waals surface area contributed by atoms with E-state index in [-0.39, 0.29) is 34.0 Å². The second-order valence-electron chi connectivity index (χ2n) is 5.87. The molecule has 0 aliphatic rings. The number of aromatic nitrogens is 2. The fourth-order valence-corrected chi connectivity index (χ4v) is 2.93. The zero-order chi connectivity index (χ0) is 22.6. The minimum atomic E-state index is -4.87. The van der Waals surface area contributed by atoms with Gasteiger partial charge in [0.1, 0.15) is 16.8 Å². The first kappa shape index (κ1) is 23.9. The van der Waals surface area contributed by atoms with Crippen LogP contribution < -0.4 is 11.2 Å². The normalized spacial score (nSPS) is 12.2. The summed E-state index contributed by atoms with van der Waals surface area (Å²) < 4.78 is 49.6. The highest BCUT2D eigenvalue weighted by Gasteiger charge is 2.35. The van der Waals surface area contributed by atoms with Crippen LogP contribution in [0.5, 0.6) is 0 Å². The van der Waals surface area contributed by atoms with Gasteiger partial charge in [0.15, 0.2) is 0 Å². The summed E-state index contributed by atoms with van der Waals surface area (Å²) in [5.74, 6) is -0.712. The van der Waals surface area contributed by atoms with Gasteiger partial charge >= 0.3 is 17.8 Å². The van der Waals surface area contributed by atoms with E-state index in [4.69, 9.17) is 21.1 Å². The van der Waals surface area contributed by atoms with E-state index in [2.05, 4.69) is 15.9 Å². The Morgan fingerprint density at radius 1 is 1.23 bits per heavy atom. The molecule has 1 aromatic heterocycles. The minimum absolute atomic E-state index is 0.00896. The summed E-state index contributed by atoms with van der Waals surface area (Å²) in [6, 6.07) is 4.24. The van der Waals surface area contributed by atoms with Crippen LogP contribution in [-0.4, -0.2) is 35.4 Å². The van der Waals surface area contributed by atoms with Gasteiger partial charge in [-0.3, -0.25) is 9.36 Å². The van der Waals surface area contributed by atoms with Crippen molar-refractivity contribution < 1.29 is 27.4 Å². The molecular formula is C18H15BrClF3N2O5. The SMILES string of the molecule is COCCOC(=O)C(Br)=Cc1cc(-n2c(=O)cc(C(F)(F)F)n(C)c2=O)ccc1Cl. The molecule has 12 heteroatoms. The van der Waals surface area contributed by atoms with Gasteiger partial charge in [-0.05, 0) is 45.8 Å². The van der Waals surface area contributed by atoms with Crippen molar-refractivity contribution in [1.29, 1.82) is 0 Å². The van der Waals surface area contributed by atoms with E-state index in [9.17, 15) is 27.6 Å². The van der Waals surface area contributed by atoms with Crippen molar-refractivity contribution in [1.82, 2.24) is 9.13 Å². The number of carbonyl (C=O) groups excluding carboxylic acids is 1. The van der Waals surface area contributed by atoms with Gasteiger partial charge in [0.2, 0.25) is 0 Å². The molecule has 0 unspecified atom stereocenters. The molecule has 30 heavy (non-hydrogen) atoms. The van der Waals surface area contributed by atoms with E-state index in [0.29, 0.717) is 15.2 Å². The first-order chi connectivity index (χ1) is 14.0. The average molecular weight is 512 g/mol. The van der Waals surface area contributed by atoms with Crippen LogP contribution >= 0.6 is 27.5 Å². The third-order valence-electron chi connectivity index (χ3n) is 3.85. The van der Waals surface area contributed by atoms with Gasteiger partial charge in [0.05, 0.1) is 12.3 Å². The number of nitrogens with zero attached hydrogens (tertiary/aromatic N) is 2. The number of rotatable bonds is 6. The Labute approximate surface area is 181 Å². The maximum Gasteiger partial charge on any atom is 0.431 e. The van der Waals surface area contributed by atoms with Crippen molar-refractivity contribution in [3.8, 4) is 5.69 Å². The van der Waals surface area contributed by atoms with Crippen LogP contribution in [0.3, 0.4) is 0 Å². The average Bonchev–Trinajstić information content (AvgIpc) is 2.66. The fraction of sp³-hybridized carbons (Fsp3) is 0.278. The number of hydrogen-bond donors (Lipinski definition) is 0. The van der Waals surface area contributed by atoms with Gasteiger partial charge in [-0.25, -0.2) is 14.2 Å². The smallest absolute Gasteiger partial charge is 0.431 e. The molecule has 0 amide bonds. The fourth-order valence-electron chi connectivity index (χ4n) is 2.40. The third-order valence-corrected chi connectivity index (χ3v) is 4.74. The molecule has 0 spiro atoms. The Morgan fingerprint density at radius 3 is 2.50 bits per heavy atom. The van der Waals surface area contributed by atoms with E-state index in [1.807, 2.05) is 0 Å². The lowest BCUT2D eigenvalue weighted by Gasteiger charge is -2.14. The number of alkyl halides is 3. The second-order valence-corrected chi connectivity index (χ2v) is 7.13. The molecule has 0 N–H and O–H groups in total. The van der Waals surface area contributed by atoms with Gasteiger partial charge < -0.3 is 9.47 Å². The first-order valence-corrected chi connectivity index (χ1v) is 9.38. The highest BCUT2D eigenvalue weighted by atomic mass is 79.9. The summed E-state index contributed by atoms with van der Waals surface area (Å²) in [6.07, 6.45) is -3.57. The molecule has 2 rings (SSSR count). The van der Waals surface area contributed by atoms with Crippen LogP contribution in [0.25, 0.3) is 11.8 Å². The van der Waals surface area contributed by atoms with E-state index in [1.165, 1.54) is 31.4 Å². The topological polar surface area (TPSA) is 79.5 Å². The Balaban J connectivity index is 2.51. The summed E-state index contributed by atoms with van der Waals surface area (Å²) in [5.41, 5.74) is -3.54. The van der Waals surface area contributed by atoms with Crippen molar-refractivity contribution >= 4 is 39.6 Å². The zero-order valence-corrected chi connectivity index (χ0v) is 18.0. The lowest BCUT2D eigenvalue weighted by atomic mass is 10.2. The minimum Gasteiger partial charge on any atom is -0.459 e. The molecule has 0 radical (unpaired) electrons. The molecule has 0 saturated carbocycles. The summed E-state index contributed by atoms with van der Waals surface area (Å²) >= 11 is 9.14. The number of ether oxygens (including phenoxy) is 2. The van der Waals surface area contributed by atoms with Gasteiger partial charge in [-0.15, -0.1) is 0 Å². The van der Waals surface area contributed by atoms with Gasteiger partial charge in [-0.1, -0.05) is 11.6 Å². The van der Waals surface area contributed by atoms with Crippen LogP contribution in [0.1, 0.15) is 11.3 Å². The molecule has 1 aromatic carbocycles. The predicted octanol–water partition coefficient (Wildman–Crippen LogP) is 3.13. The lowest BCUT2D eigenvalue weighted by molar-refractivity contribution is -0.144. The number of methoxy groups -OCH3 is 1. The van der Waals surface area contributed by atoms with E-state index in [1.54, 1.807) is 0 Å². The van der Waals surface area contributed by atoms with Crippen LogP contribution in [0.15, 0.2) is 38.3 Å². The van der Waals surface area contributed by atoms with Crippen LogP contribution in [0.4, 0.5) is 13.2 Å². The maximum absolute atomic E-state index is 13.0. The summed E-state index contributed by atoms with van der Waals surface area (Å²) in [7, 11) is 2.35. The van der Waals surface area contributed by atoms with Gasteiger partial charge in [0, 0.05) is 25.2 Å². The van der Waals surface area contributed by atoms with Gasteiger partial charge in [0.25, 0.3) is 5.56 Å². The lowest BCUT2D eigenvalue weighted by Crippen LogP contribution is -2.40. The van der Waals surface area contributed by atoms with E-state index >= 15 is 0 Å². The molecule has 1 heterocycles. The summed E-state index contributed by atoms with van der Waals surface area (Å²) in [4.78, 5) is 36.6. The van der Waals surface area contributed by atoms with Crippen molar-refractivity contribution in [2.45, 2.75) is 6.18 Å². The third kappa shape index (κ3) is 5.41. The zero-order valence-electron chi connectivity index (χ0n) is 15.6. The largest absolute Gasteiger partial charge is 0.459 e. The second kappa shape index (κ2) is 9.63. The highest BCUT2D eigenvalue weighted by molar-refractivity contribution is 9.12. The van der Waals surface area contributed by atoms with Crippen molar-refractivity contribution in [3.05, 3.63) is 65.9 Å². The van der Waals surface area contributed by atoms with Crippen molar-refractivity contribution in [2.24, 2.45) is 7.05 Å². The van der Waals surface area contributed by atoms with Crippen LogP contribution in [0.2, 0.25) is 5.02 Å². The standard InChI is InChI=1S/C18H15BrClF3N2O5/c1-24-14(18(21,22)23)9-15(26)25(17(24)28)11-3-4-13(20)10(7-11)8-12(19)16(27)30-6-5-29-2/h3-4,7-9H,5-6H2,1-2H3. The van der Waals surface area contributed by atoms with Crippen LogP contribution in [0, 0.1) is 0 Å². The van der Waals surface area contributed by atoms with E-state index < -0.39 is 29.1 Å². The Kier molecular flexibility index (Phi) is 7.67. The van der Waals surface area contributed by atoms with Crippen LogP contribution in [-0.2, 0) is 27.5 Å². The Morgan fingerprint density at radius 2 is 1.90 bits per heavy atom. The molecule has 0 fully saturated rings. The molecule has 0 bridgehead atoms. The summed E-state index contributed by atoms with van der Waals surface area (Å²) in [5, 5.41) is 0.164. The molecule has 7 nitrogen and oxygen atoms in total. The Bertz CT molecular complexity index is 1110. The quantitative estimate of drug-likeness (QED) is 0.338. The maximum atomic E-state index is 13.0. The van der Waals surface area contributed by atoms with Gasteiger partial charge in [-0.2, -0.15) is 13.2 Å². The molecule has 2 aromatic rings. The highest BCUT2D eigenvalue weighted by Crippen LogP contribution is 2.27. The van der Waals surface area contributed by atoms with Crippen molar-refractivity contribution in [3.63, 3.8) is 0 Å². The monoisotopic (exact) mass is 510 g/mol. The molecule has 0 atom stereocenters. The number of hydrogen-bond acceptors (Lipinski definition) is 5. The number of halogens is 5. The summed E-state index contributed by atoms with van der Waals surface area (Å²) in [6.45, 7) is 0.214. The molecule has 0 aliphatic carbocycles. The first-order valence-electron chi connectivity index (χ1n) is 8.20. The van der Waals surface area contributed by atoms with E-state index in [0.717, 1.165) is 7.05 Å². The number of esters is 1. The number of carbonyl (C=O) groups is 1. The predicted molar refractivity (Wildman–Crippen MR) is 107 cm³/mol. The Hall–Kier alpha value is -2.37.